The number of carbonyl (C=O) groups is 2. The molecule has 0 aliphatic carbocycles. The summed E-state index contributed by atoms with van der Waals surface area (Å²) in [5.74, 6) is -0.357. The predicted molar refractivity (Wildman–Crippen MR) is 107 cm³/mol. The largest absolute Gasteiger partial charge is 0.455 e. The fraction of sp³-hybridized carbons (Fsp3) is 0.300. The molecule has 0 N–H and O–H groups in total. The highest BCUT2D eigenvalue weighted by Crippen LogP contribution is 2.37. The van der Waals surface area contributed by atoms with Crippen molar-refractivity contribution < 1.29 is 14.3 Å². The number of rotatable bonds is 5. The molecule has 136 valence electrons. The summed E-state index contributed by atoms with van der Waals surface area (Å²) in [4.78, 5) is 28.4. The Labute approximate surface area is 162 Å². The number of ether oxygens (including phenoxy) is 1. The van der Waals surface area contributed by atoms with Gasteiger partial charge in [-0.3, -0.25) is 9.59 Å². The SMILES string of the molecule is C[C@@H]1CCN(C(=O)COC(=O)CSc2ccccc2)c2ccccc2S1. The van der Waals surface area contributed by atoms with Crippen LogP contribution in [-0.4, -0.2) is 36.0 Å². The number of hydrogen-bond donors (Lipinski definition) is 0. The quantitative estimate of drug-likeness (QED) is 0.567. The Kier molecular flexibility index (Phi) is 6.63. The Bertz CT molecular complexity index is 767. The van der Waals surface area contributed by atoms with E-state index in [9.17, 15) is 9.59 Å². The fourth-order valence-electron chi connectivity index (χ4n) is 2.67. The minimum absolute atomic E-state index is 0.176. The fourth-order valence-corrected chi connectivity index (χ4v) is 4.50. The molecule has 0 unspecified atom stereocenters. The number of carbonyl (C=O) groups excluding carboxylic acids is 2. The summed E-state index contributed by atoms with van der Waals surface area (Å²) in [6, 6.07) is 17.5. The molecule has 1 aliphatic rings. The molecule has 26 heavy (non-hydrogen) atoms. The second kappa shape index (κ2) is 9.14. The average Bonchev–Trinajstić information content (AvgIpc) is 2.83. The van der Waals surface area contributed by atoms with Crippen LogP contribution in [-0.2, 0) is 14.3 Å². The van der Waals surface area contributed by atoms with Crippen LogP contribution in [0.4, 0.5) is 5.69 Å². The summed E-state index contributed by atoms with van der Waals surface area (Å²) in [5, 5.41) is 0.443. The number of nitrogens with zero attached hydrogens (tertiary/aromatic N) is 1. The van der Waals surface area contributed by atoms with Gasteiger partial charge >= 0.3 is 5.97 Å². The molecular formula is C20H21NO3S2. The van der Waals surface area contributed by atoms with Crippen molar-refractivity contribution in [1.29, 1.82) is 0 Å². The highest BCUT2D eigenvalue weighted by molar-refractivity contribution is 8.00. The molecule has 2 aromatic rings. The third kappa shape index (κ3) is 5.05. The van der Waals surface area contributed by atoms with E-state index in [2.05, 4.69) is 6.92 Å². The van der Waals surface area contributed by atoms with Crippen molar-refractivity contribution in [3.05, 3.63) is 54.6 Å². The lowest BCUT2D eigenvalue weighted by Crippen LogP contribution is -2.36. The Balaban J connectivity index is 1.55. The number of benzene rings is 2. The zero-order valence-electron chi connectivity index (χ0n) is 14.6. The molecule has 6 heteroatoms. The molecule has 1 heterocycles. The van der Waals surface area contributed by atoms with E-state index >= 15 is 0 Å². The van der Waals surface area contributed by atoms with Gasteiger partial charge in [0.2, 0.25) is 0 Å². The summed E-state index contributed by atoms with van der Waals surface area (Å²) < 4.78 is 5.20. The molecule has 0 fully saturated rings. The lowest BCUT2D eigenvalue weighted by atomic mass is 10.2. The number of thioether (sulfide) groups is 2. The molecule has 3 rings (SSSR count). The van der Waals surface area contributed by atoms with Crippen LogP contribution in [0.2, 0.25) is 0 Å². The Hall–Kier alpha value is -1.92. The van der Waals surface area contributed by atoms with Gasteiger partial charge < -0.3 is 9.64 Å². The second-order valence-electron chi connectivity index (χ2n) is 5.99. The summed E-state index contributed by atoms with van der Waals surface area (Å²) >= 11 is 3.18. The van der Waals surface area contributed by atoms with Crippen LogP contribution >= 0.6 is 23.5 Å². The lowest BCUT2D eigenvalue weighted by Gasteiger charge is -2.22. The summed E-state index contributed by atoms with van der Waals surface area (Å²) in [6.45, 7) is 2.58. The number of amides is 1. The Morgan fingerprint density at radius 2 is 1.88 bits per heavy atom. The molecule has 2 aromatic carbocycles. The molecule has 0 radical (unpaired) electrons. The van der Waals surface area contributed by atoms with Gasteiger partial charge in [0, 0.05) is 21.6 Å². The van der Waals surface area contributed by atoms with Gasteiger partial charge in [-0.15, -0.1) is 23.5 Å². The van der Waals surface area contributed by atoms with Crippen LogP contribution in [0, 0.1) is 0 Å². The van der Waals surface area contributed by atoms with E-state index < -0.39 is 0 Å². The summed E-state index contributed by atoms with van der Waals surface area (Å²) in [6.07, 6.45) is 0.906. The number of para-hydroxylation sites is 1. The van der Waals surface area contributed by atoms with Crippen molar-refractivity contribution >= 4 is 41.1 Å². The van der Waals surface area contributed by atoms with E-state index in [0.29, 0.717) is 11.8 Å². The normalized spacial score (nSPS) is 16.5. The van der Waals surface area contributed by atoms with Crippen molar-refractivity contribution in [2.24, 2.45) is 0 Å². The number of esters is 1. The van der Waals surface area contributed by atoms with Crippen LogP contribution in [0.25, 0.3) is 0 Å². The second-order valence-corrected chi connectivity index (χ2v) is 8.52. The zero-order valence-corrected chi connectivity index (χ0v) is 16.2. The molecule has 0 saturated heterocycles. The van der Waals surface area contributed by atoms with Crippen molar-refractivity contribution in [2.45, 2.75) is 28.4 Å². The first-order valence-corrected chi connectivity index (χ1v) is 10.4. The first kappa shape index (κ1) is 18.9. The number of anilines is 1. The third-order valence-electron chi connectivity index (χ3n) is 4.00. The first-order valence-electron chi connectivity index (χ1n) is 8.53. The number of hydrogen-bond acceptors (Lipinski definition) is 5. The molecule has 4 nitrogen and oxygen atoms in total. The maximum absolute atomic E-state index is 12.6. The average molecular weight is 388 g/mol. The van der Waals surface area contributed by atoms with Gasteiger partial charge in [0.05, 0.1) is 11.4 Å². The van der Waals surface area contributed by atoms with Crippen molar-refractivity contribution in [2.75, 3.05) is 23.8 Å². The maximum atomic E-state index is 12.6. The van der Waals surface area contributed by atoms with Crippen LogP contribution in [0.5, 0.6) is 0 Å². The zero-order chi connectivity index (χ0) is 18.4. The molecule has 0 spiro atoms. The van der Waals surface area contributed by atoms with Crippen LogP contribution in [0.3, 0.4) is 0 Å². The van der Waals surface area contributed by atoms with Crippen LogP contribution in [0.1, 0.15) is 13.3 Å². The predicted octanol–water partition coefficient (Wildman–Crippen LogP) is 4.24. The molecule has 1 aliphatic heterocycles. The van der Waals surface area contributed by atoms with Crippen LogP contribution in [0.15, 0.2) is 64.4 Å². The topological polar surface area (TPSA) is 46.6 Å². The van der Waals surface area contributed by atoms with Gasteiger partial charge in [-0.1, -0.05) is 37.3 Å². The smallest absolute Gasteiger partial charge is 0.316 e. The summed E-state index contributed by atoms with van der Waals surface area (Å²) in [5.41, 5.74) is 0.904. The van der Waals surface area contributed by atoms with E-state index in [1.54, 1.807) is 16.7 Å². The first-order chi connectivity index (χ1) is 12.6. The lowest BCUT2D eigenvalue weighted by molar-refractivity contribution is -0.145. The molecule has 0 bridgehead atoms. The van der Waals surface area contributed by atoms with Gasteiger partial charge in [0.1, 0.15) is 0 Å². The van der Waals surface area contributed by atoms with E-state index in [1.807, 2.05) is 54.6 Å². The maximum Gasteiger partial charge on any atom is 0.316 e. The van der Waals surface area contributed by atoms with E-state index in [0.717, 1.165) is 21.9 Å². The van der Waals surface area contributed by atoms with Crippen molar-refractivity contribution in [3.63, 3.8) is 0 Å². The van der Waals surface area contributed by atoms with E-state index in [1.165, 1.54) is 11.8 Å². The third-order valence-corrected chi connectivity index (χ3v) is 6.22. The molecular weight excluding hydrogens is 366 g/mol. The highest BCUT2D eigenvalue weighted by atomic mass is 32.2. The van der Waals surface area contributed by atoms with Gasteiger partial charge in [-0.2, -0.15) is 0 Å². The van der Waals surface area contributed by atoms with Gasteiger partial charge in [0.15, 0.2) is 6.61 Å². The van der Waals surface area contributed by atoms with Gasteiger partial charge in [-0.25, -0.2) is 0 Å². The molecule has 1 amide bonds. The van der Waals surface area contributed by atoms with E-state index in [4.69, 9.17) is 4.74 Å². The molecule has 0 saturated carbocycles. The number of fused-ring (bicyclic) bond motifs is 1. The van der Waals surface area contributed by atoms with Gasteiger partial charge in [0.25, 0.3) is 5.91 Å². The molecule has 0 aromatic heterocycles. The minimum atomic E-state index is -0.377. The molecule has 1 atom stereocenters. The monoisotopic (exact) mass is 387 g/mol. The Morgan fingerprint density at radius 1 is 1.15 bits per heavy atom. The summed E-state index contributed by atoms with van der Waals surface area (Å²) in [7, 11) is 0. The highest BCUT2D eigenvalue weighted by Gasteiger charge is 2.24. The van der Waals surface area contributed by atoms with Gasteiger partial charge in [-0.05, 0) is 30.7 Å². The Morgan fingerprint density at radius 3 is 2.69 bits per heavy atom. The van der Waals surface area contributed by atoms with Crippen molar-refractivity contribution in [3.8, 4) is 0 Å². The van der Waals surface area contributed by atoms with Crippen LogP contribution < -0.4 is 4.90 Å². The van der Waals surface area contributed by atoms with E-state index in [-0.39, 0.29) is 24.2 Å². The minimum Gasteiger partial charge on any atom is -0.455 e. The van der Waals surface area contributed by atoms with Crippen molar-refractivity contribution in [1.82, 2.24) is 0 Å². The standard InChI is InChI=1S/C20H21NO3S2/c1-15-11-12-21(17-9-5-6-10-18(17)26-15)19(22)13-24-20(23)14-25-16-7-3-2-4-8-16/h2-10,15H,11-14H2,1H3/t15-/m1/s1.